The van der Waals surface area contributed by atoms with Crippen molar-refractivity contribution in [3.63, 3.8) is 0 Å². The number of hydrogen-bond donors (Lipinski definition) is 2. The van der Waals surface area contributed by atoms with Crippen molar-refractivity contribution in [3.8, 4) is 11.5 Å². The zero-order valence-corrected chi connectivity index (χ0v) is 9.78. The Morgan fingerprint density at radius 3 is 2.89 bits per heavy atom. The van der Waals surface area contributed by atoms with Crippen LogP contribution in [0.1, 0.15) is 25.7 Å². The monoisotopic (exact) mass is 249 g/mol. The summed E-state index contributed by atoms with van der Waals surface area (Å²) in [5.41, 5.74) is 0.106. The molecule has 0 spiro atoms. The average molecular weight is 249 g/mol. The first-order chi connectivity index (χ1) is 8.51. The summed E-state index contributed by atoms with van der Waals surface area (Å²) < 4.78 is 5.12. The standard InChI is InChI=1S/C10H11N5O3/c1-10(2)5(6(10)9(16)17)8-12-7(14-18-8)4-3-11-15-13-4/h3,5-6H,1-2H3,(H,16,17)(H,11,13,15). The molecular formula is C10H11N5O3. The third-order valence-corrected chi connectivity index (χ3v) is 3.45. The molecule has 2 atom stereocenters. The first-order valence-electron chi connectivity index (χ1n) is 5.44. The molecule has 1 saturated carbocycles. The highest BCUT2D eigenvalue weighted by Crippen LogP contribution is 2.64. The molecule has 2 N–H and O–H groups in total. The van der Waals surface area contributed by atoms with Gasteiger partial charge in [0.25, 0.3) is 0 Å². The van der Waals surface area contributed by atoms with Crippen molar-refractivity contribution >= 4 is 5.97 Å². The number of nitrogens with one attached hydrogen (secondary N) is 1. The Labute approximate surface area is 101 Å². The summed E-state index contributed by atoms with van der Waals surface area (Å²) in [4.78, 5) is 15.3. The molecule has 0 radical (unpaired) electrons. The summed E-state index contributed by atoms with van der Waals surface area (Å²) in [5.74, 6) is -0.923. The zero-order valence-electron chi connectivity index (χ0n) is 9.78. The molecule has 8 nitrogen and oxygen atoms in total. The Bertz CT molecular complexity index is 588. The van der Waals surface area contributed by atoms with Crippen LogP contribution in [0.25, 0.3) is 11.5 Å². The van der Waals surface area contributed by atoms with E-state index in [2.05, 4.69) is 25.6 Å². The fourth-order valence-electron chi connectivity index (χ4n) is 2.33. The second kappa shape index (κ2) is 3.37. The minimum absolute atomic E-state index is 0.247. The van der Waals surface area contributed by atoms with Gasteiger partial charge in [-0.3, -0.25) is 4.79 Å². The van der Waals surface area contributed by atoms with E-state index in [0.29, 0.717) is 17.4 Å². The summed E-state index contributed by atoms with van der Waals surface area (Å²) in [6, 6.07) is 0. The van der Waals surface area contributed by atoms with E-state index in [9.17, 15) is 4.79 Å². The average Bonchev–Trinajstić information content (AvgIpc) is 2.80. The van der Waals surface area contributed by atoms with Crippen molar-refractivity contribution in [3.05, 3.63) is 12.1 Å². The highest BCUT2D eigenvalue weighted by molar-refractivity contribution is 5.77. The number of aromatic nitrogens is 5. The number of H-pyrrole nitrogens is 1. The van der Waals surface area contributed by atoms with Crippen LogP contribution in [-0.2, 0) is 4.79 Å². The van der Waals surface area contributed by atoms with Crippen molar-refractivity contribution in [1.82, 2.24) is 25.6 Å². The maximum Gasteiger partial charge on any atom is 0.307 e. The predicted octanol–water partition coefficient (Wildman–Crippen LogP) is 0.679. The van der Waals surface area contributed by atoms with Crippen LogP contribution in [0.5, 0.6) is 0 Å². The Balaban J connectivity index is 1.90. The number of carboxylic acid groups (broad SMARTS) is 1. The van der Waals surface area contributed by atoms with E-state index in [1.807, 2.05) is 13.8 Å². The van der Waals surface area contributed by atoms with Crippen LogP contribution in [0.2, 0.25) is 0 Å². The molecule has 3 rings (SSSR count). The summed E-state index contributed by atoms with van der Waals surface area (Å²) in [7, 11) is 0. The molecule has 2 unspecified atom stereocenters. The number of hydrogen-bond acceptors (Lipinski definition) is 6. The summed E-state index contributed by atoms with van der Waals surface area (Å²) >= 11 is 0. The molecule has 0 aliphatic heterocycles. The van der Waals surface area contributed by atoms with Gasteiger partial charge in [-0.25, -0.2) is 0 Å². The molecule has 0 aromatic carbocycles. The van der Waals surface area contributed by atoms with Crippen molar-refractivity contribution in [1.29, 1.82) is 0 Å². The molecule has 0 bridgehead atoms. The van der Waals surface area contributed by atoms with Gasteiger partial charge in [0.2, 0.25) is 11.7 Å². The second-order valence-electron chi connectivity index (χ2n) is 4.93. The lowest BCUT2D eigenvalue weighted by atomic mass is 10.1. The largest absolute Gasteiger partial charge is 0.481 e. The van der Waals surface area contributed by atoms with Gasteiger partial charge in [-0.1, -0.05) is 19.0 Å². The van der Waals surface area contributed by atoms with Gasteiger partial charge in [-0.2, -0.15) is 20.4 Å². The number of rotatable bonds is 3. The first kappa shape index (κ1) is 10.9. The Morgan fingerprint density at radius 1 is 1.56 bits per heavy atom. The van der Waals surface area contributed by atoms with E-state index in [4.69, 9.17) is 9.63 Å². The number of carbonyl (C=O) groups is 1. The van der Waals surface area contributed by atoms with Gasteiger partial charge in [0.15, 0.2) is 5.69 Å². The summed E-state index contributed by atoms with van der Waals surface area (Å²) in [5, 5.41) is 22.8. The highest BCUT2D eigenvalue weighted by Gasteiger charge is 2.65. The zero-order chi connectivity index (χ0) is 12.9. The van der Waals surface area contributed by atoms with Crippen LogP contribution in [0.15, 0.2) is 10.7 Å². The number of carboxylic acids is 1. The molecule has 2 aromatic heterocycles. The molecule has 8 heteroatoms. The lowest BCUT2D eigenvalue weighted by Gasteiger charge is -1.96. The molecular weight excluding hydrogens is 238 g/mol. The fourth-order valence-corrected chi connectivity index (χ4v) is 2.33. The smallest absolute Gasteiger partial charge is 0.307 e. The summed E-state index contributed by atoms with van der Waals surface area (Å²) in [6.07, 6.45) is 1.47. The molecule has 2 heterocycles. The molecule has 94 valence electrons. The van der Waals surface area contributed by atoms with E-state index in [-0.39, 0.29) is 11.3 Å². The number of nitrogens with zero attached hydrogens (tertiary/aromatic N) is 4. The molecule has 18 heavy (non-hydrogen) atoms. The van der Waals surface area contributed by atoms with Crippen LogP contribution in [0.4, 0.5) is 0 Å². The van der Waals surface area contributed by atoms with Gasteiger partial charge in [0.1, 0.15) is 0 Å². The summed E-state index contributed by atoms with van der Waals surface area (Å²) in [6.45, 7) is 3.74. The molecule has 1 fully saturated rings. The van der Waals surface area contributed by atoms with Gasteiger partial charge < -0.3 is 9.63 Å². The first-order valence-corrected chi connectivity index (χ1v) is 5.44. The minimum Gasteiger partial charge on any atom is -0.481 e. The fraction of sp³-hybridized carbons (Fsp3) is 0.500. The second-order valence-corrected chi connectivity index (χ2v) is 4.93. The number of aromatic amines is 1. The van der Waals surface area contributed by atoms with Crippen LogP contribution in [0, 0.1) is 11.3 Å². The third-order valence-electron chi connectivity index (χ3n) is 3.45. The maximum absolute atomic E-state index is 11.1. The quantitative estimate of drug-likeness (QED) is 0.820. The van der Waals surface area contributed by atoms with Gasteiger partial charge >= 0.3 is 5.97 Å². The maximum atomic E-state index is 11.1. The Hall–Kier alpha value is -2.25. The van der Waals surface area contributed by atoms with Gasteiger partial charge in [0.05, 0.1) is 18.0 Å². The lowest BCUT2D eigenvalue weighted by molar-refractivity contribution is -0.139. The van der Waals surface area contributed by atoms with Crippen LogP contribution < -0.4 is 0 Å². The normalized spacial score (nSPS) is 25.0. The molecule has 0 amide bonds. The van der Waals surface area contributed by atoms with Crippen LogP contribution >= 0.6 is 0 Å². The highest BCUT2D eigenvalue weighted by atomic mass is 16.5. The number of aliphatic carboxylic acids is 1. The van der Waals surface area contributed by atoms with E-state index in [1.165, 1.54) is 6.20 Å². The van der Waals surface area contributed by atoms with Gasteiger partial charge in [-0.05, 0) is 5.41 Å². The molecule has 2 aromatic rings. The van der Waals surface area contributed by atoms with Gasteiger partial charge in [-0.15, -0.1) is 0 Å². The van der Waals surface area contributed by atoms with E-state index >= 15 is 0 Å². The topological polar surface area (TPSA) is 118 Å². The minimum atomic E-state index is -0.841. The Kier molecular flexibility index (Phi) is 2.04. The molecule has 0 saturated heterocycles. The van der Waals surface area contributed by atoms with Gasteiger partial charge in [0, 0.05) is 0 Å². The van der Waals surface area contributed by atoms with E-state index in [1.54, 1.807) is 0 Å². The molecule has 1 aliphatic carbocycles. The Morgan fingerprint density at radius 2 is 2.33 bits per heavy atom. The lowest BCUT2D eigenvalue weighted by Crippen LogP contribution is -2.03. The third kappa shape index (κ3) is 1.41. The van der Waals surface area contributed by atoms with Crippen molar-refractivity contribution < 1.29 is 14.4 Å². The van der Waals surface area contributed by atoms with Crippen LogP contribution in [0.3, 0.4) is 0 Å². The predicted molar refractivity (Wildman–Crippen MR) is 57.3 cm³/mol. The van der Waals surface area contributed by atoms with Crippen molar-refractivity contribution in [2.24, 2.45) is 11.3 Å². The van der Waals surface area contributed by atoms with E-state index in [0.717, 1.165) is 0 Å². The van der Waals surface area contributed by atoms with Crippen LogP contribution in [-0.4, -0.2) is 36.6 Å². The van der Waals surface area contributed by atoms with Crippen molar-refractivity contribution in [2.75, 3.05) is 0 Å². The molecule has 1 aliphatic rings. The SMILES string of the molecule is CC1(C)C(C(=O)O)C1c1nc(-c2cn[nH]n2)no1. The van der Waals surface area contributed by atoms with Crippen molar-refractivity contribution in [2.45, 2.75) is 19.8 Å². The van der Waals surface area contributed by atoms with E-state index < -0.39 is 11.9 Å².